The normalized spacial score (nSPS) is 16.8. The number of nitrogens with two attached hydrogens (primary N) is 1. The highest BCUT2D eigenvalue weighted by Gasteiger charge is 2.24. The van der Waals surface area contributed by atoms with Crippen molar-refractivity contribution in [2.75, 3.05) is 24.6 Å². The quantitative estimate of drug-likeness (QED) is 0.812. The summed E-state index contributed by atoms with van der Waals surface area (Å²) < 4.78 is 0. The van der Waals surface area contributed by atoms with E-state index in [0.717, 1.165) is 29.4 Å². The van der Waals surface area contributed by atoms with Crippen molar-refractivity contribution in [3.05, 3.63) is 23.8 Å². The first-order chi connectivity index (χ1) is 9.47. The topological polar surface area (TPSA) is 58.4 Å². The van der Waals surface area contributed by atoms with E-state index in [9.17, 15) is 4.79 Å². The fourth-order valence-electron chi connectivity index (χ4n) is 2.51. The van der Waals surface area contributed by atoms with E-state index in [1.54, 1.807) is 0 Å². The van der Waals surface area contributed by atoms with E-state index >= 15 is 0 Å². The van der Waals surface area contributed by atoms with Gasteiger partial charge in [0.1, 0.15) is 0 Å². The molecule has 0 aliphatic heterocycles. The molecule has 1 amide bonds. The van der Waals surface area contributed by atoms with Crippen molar-refractivity contribution >= 4 is 17.3 Å². The summed E-state index contributed by atoms with van der Waals surface area (Å²) in [5, 5.41) is 2.99. The average Bonchev–Trinajstić information content (AvgIpc) is 2.36. The van der Waals surface area contributed by atoms with E-state index in [4.69, 9.17) is 5.73 Å². The summed E-state index contributed by atoms with van der Waals surface area (Å²) in [6.07, 6.45) is 3.94. The zero-order valence-corrected chi connectivity index (χ0v) is 12.6. The zero-order chi connectivity index (χ0) is 14.7. The van der Waals surface area contributed by atoms with Gasteiger partial charge in [-0.1, -0.05) is 6.42 Å². The monoisotopic (exact) mass is 275 g/mol. The Labute approximate surface area is 121 Å². The Balaban J connectivity index is 1.92. The molecule has 3 N–H and O–H groups in total. The minimum absolute atomic E-state index is 0.0414. The Hall–Kier alpha value is -1.55. The molecule has 4 nitrogen and oxygen atoms in total. The number of anilines is 2. The number of benzene rings is 1. The molecule has 0 aromatic heterocycles. The van der Waals surface area contributed by atoms with Gasteiger partial charge in [-0.2, -0.15) is 0 Å². The molecule has 2 rings (SSSR count). The van der Waals surface area contributed by atoms with Crippen LogP contribution in [0.3, 0.4) is 0 Å². The van der Waals surface area contributed by atoms with E-state index in [-0.39, 0.29) is 11.9 Å². The molecule has 1 atom stereocenters. The molecule has 0 saturated heterocycles. The minimum Gasteiger partial charge on any atom is -0.399 e. The molecule has 0 spiro atoms. The van der Waals surface area contributed by atoms with Crippen molar-refractivity contribution in [2.45, 2.75) is 39.2 Å². The molecule has 1 fully saturated rings. The van der Waals surface area contributed by atoms with Crippen LogP contribution in [-0.2, 0) is 4.79 Å². The van der Waals surface area contributed by atoms with Gasteiger partial charge in [0.2, 0.25) is 5.91 Å². The van der Waals surface area contributed by atoms with Gasteiger partial charge in [-0.25, -0.2) is 0 Å². The van der Waals surface area contributed by atoms with Gasteiger partial charge >= 0.3 is 0 Å². The number of hydrogen-bond acceptors (Lipinski definition) is 3. The van der Waals surface area contributed by atoms with Crippen molar-refractivity contribution in [3.63, 3.8) is 0 Å². The van der Waals surface area contributed by atoms with Gasteiger partial charge in [0.15, 0.2) is 0 Å². The van der Waals surface area contributed by atoms with Crippen molar-refractivity contribution in [2.24, 2.45) is 5.92 Å². The number of likely N-dealkylation sites (N-methyl/N-ethyl adjacent to an activating group) is 1. The smallest absolute Gasteiger partial charge is 0.241 e. The van der Waals surface area contributed by atoms with E-state index in [1.165, 1.54) is 19.3 Å². The number of nitrogens with zero attached hydrogens (tertiary/aromatic N) is 1. The average molecular weight is 275 g/mol. The number of nitrogen functional groups attached to an aromatic ring is 1. The predicted molar refractivity (Wildman–Crippen MR) is 83.7 cm³/mol. The van der Waals surface area contributed by atoms with E-state index < -0.39 is 0 Å². The molecule has 1 aliphatic rings. The zero-order valence-electron chi connectivity index (χ0n) is 12.6. The summed E-state index contributed by atoms with van der Waals surface area (Å²) in [6, 6.07) is 5.43. The van der Waals surface area contributed by atoms with Gasteiger partial charge in [0.05, 0.1) is 6.04 Å². The minimum atomic E-state index is -0.118. The number of nitrogens with one attached hydrogen (secondary N) is 1. The van der Waals surface area contributed by atoms with E-state index in [0.29, 0.717) is 0 Å². The second kappa shape index (κ2) is 6.27. The van der Waals surface area contributed by atoms with E-state index in [1.807, 2.05) is 39.1 Å². The molecule has 0 bridgehead atoms. The second-order valence-electron chi connectivity index (χ2n) is 5.98. The highest BCUT2D eigenvalue weighted by molar-refractivity contribution is 5.95. The molecule has 20 heavy (non-hydrogen) atoms. The number of carbonyl (C=O) groups excluding carboxylic acids is 1. The van der Waals surface area contributed by atoms with Crippen LogP contribution in [0.2, 0.25) is 0 Å². The summed E-state index contributed by atoms with van der Waals surface area (Å²) >= 11 is 0. The molecular formula is C16H25N3O. The molecule has 1 unspecified atom stereocenters. The third kappa shape index (κ3) is 3.51. The lowest BCUT2D eigenvalue weighted by molar-refractivity contribution is -0.120. The van der Waals surface area contributed by atoms with Crippen LogP contribution in [0.1, 0.15) is 31.7 Å². The fourth-order valence-corrected chi connectivity index (χ4v) is 2.51. The van der Waals surface area contributed by atoms with Crippen LogP contribution in [0.25, 0.3) is 0 Å². The third-order valence-corrected chi connectivity index (χ3v) is 4.32. The van der Waals surface area contributed by atoms with Crippen LogP contribution in [-0.4, -0.2) is 30.4 Å². The van der Waals surface area contributed by atoms with Gasteiger partial charge < -0.3 is 11.1 Å². The third-order valence-electron chi connectivity index (χ3n) is 4.32. The number of amides is 1. The lowest BCUT2D eigenvalue weighted by atomic mass is 9.85. The van der Waals surface area contributed by atoms with Crippen LogP contribution in [0, 0.1) is 12.8 Å². The van der Waals surface area contributed by atoms with Crippen LogP contribution < -0.4 is 11.1 Å². The Kier molecular flexibility index (Phi) is 4.65. The first-order valence-corrected chi connectivity index (χ1v) is 7.34. The highest BCUT2D eigenvalue weighted by Crippen LogP contribution is 2.27. The van der Waals surface area contributed by atoms with Gasteiger partial charge in [0, 0.05) is 17.9 Å². The maximum atomic E-state index is 12.3. The van der Waals surface area contributed by atoms with Crippen LogP contribution >= 0.6 is 0 Å². The first-order valence-electron chi connectivity index (χ1n) is 7.34. The Bertz CT molecular complexity index is 483. The van der Waals surface area contributed by atoms with Crippen LogP contribution in [0.4, 0.5) is 11.4 Å². The fraction of sp³-hybridized carbons (Fsp3) is 0.562. The highest BCUT2D eigenvalue weighted by atomic mass is 16.2. The van der Waals surface area contributed by atoms with Crippen molar-refractivity contribution in [1.29, 1.82) is 0 Å². The first kappa shape index (κ1) is 14.9. The van der Waals surface area contributed by atoms with Crippen molar-refractivity contribution < 1.29 is 4.79 Å². The Morgan fingerprint density at radius 3 is 2.75 bits per heavy atom. The van der Waals surface area contributed by atoms with Gasteiger partial charge in [-0.3, -0.25) is 9.69 Å². The van der Waals surface area contributed by atoms with Gasteiger partial charge in [-0.15, -0.1) is 0 Å². The SMILES string of the molecule is Cc1cc(N)ccc1NC(=O)C(C)N(C)CC1CCC1. The predicted octanol–water partition coefficient (Wildman–Crippen LogP) is 2.64. The standard InChI is InChI=1S/C16H25N3O/c1-11-9-14(17)7-8-15(11)18-16(20)12(2)19(3)10-13-5-4-6-13/h7-9,12-13H,4-6,10,17H2,1-3H3,(H,18,20). The molecule has 1 aromatic carbocycles. The molecule has 4 heteroatoms. The number of hydrogen-bond donors (Lipinski definition) is 2. The van der Waals surface area contributed by atoms with Gasteiger partial charge in [0.25, 0.3) is 0 Å². The summed E-state index contributed by atoms with van der Waals surface area (Å²) in [7, 11) is 2.03. The molecule has 1 saturated carbocycles. The van der Waals surface area contributed by atoms with Crippen LogP contribution in [0.5, 0.6) is 0 Å². The molecule has 0 heterocycles. The molecule has 110 valence electrons. The maximum absolute atomic E-state index is 12.3. The summed E-state index contributed by atoms with van der Waals surface area (Å²) in [4.78, 5) is 14.4. The van der Waals surface area contributed by atoms with Gasteiger partial charge in [-0.05, 0) is 63.4 Å². The van der Waals surface area contributed by atoms with Crippen LogP contribution in [0.15, 0.2) is 18.2 Å². The summed E-state index contributed by atoms with van der Waals surface area (Å²) in [5.74, 6) is 0.813. The largest absolute Gasteiger partial charge is 0.399 e. The van der Waals surface area contributed by atoms with Crippen molar-refractivity contribution in [1.82, 2.24) is 4.90 Å². The Morgan fingerprint density at radius 1 is 1.50 bits per heavy atom. The maximum Gasteiger partial charge on any atom is 0.241 e. The second-order valence-corrected chi connectivity index (χ2v) is 5.98. The number of carbonyl (C=O) groups is 1. The lowest BCUT2D eigenvalue weighted by Crippen LogP contribution is -2.43. The summed E-state index contributed by atoms with van der Waals surface area (Å²) in [5.41, 5.74) is 8.27. The lowest BCUT2D eigenvalue weighted by Gasteiger charge is -2.32. The van der Waals surface area contributed by atoms with Crippen molar-refractivity contribution in [3.8, 4) is 0 Å². The van der Waals surface area contributed by atoms with E-state index in [2.05, 4.69) is 10.2 Å². The molecule has 1 aromatic rings. The molecule has 1 aliphatic carbocycles. The number of rotatable bonds is 5. The molecule has 0 radical (unpaired) electrons. The number of aryl methyl sites for hydroxylation is 1. The Morgan fingerprint density at radius 2 is 2.20 bits per heavy atom. The molecular weight excluding hydrogens is 250 g/mol. The summed E-state index contributed by atoms with van der Waals surface area (Å²) in [6.45, 7) is 4.92.